The summed E-state index contributed by atoms with van der Waals surface area (Å²) in [4.78, 5) is 12.8. The van der Waals surface area contributed by atoms with Crippen LogP contribution in [0.15, 0.2) is 48.5 Å². The average Bonchev–Trinajstić information content (AvgIpc) is 2.54. The van der Waals surface area contributed by atoms with Crippen LogP contribution >= 0.6 is 0 Å². The molecule has 0 bridgehead atoms. The summed E-state index contributed by atoms with van der Waals surface area (Å²) in [6.45, 7) is 3.38. The maximum absolute atomic E-state index is 12.8. The maximum Gasteiger partial charge on any atom is 0.170 e. The normalized spacial score (nSPS) is 16.7. The molecule has 3 rings (SSSR count). The molecule has 1 N–H and O–H groups in total. The predicted octanol–water partition coefficient (Wildman–Crippen LogP) is 3.87. The van der Waals surface area contributed by atoms with Crippen LogP contribution in [-0.2, 0) is 0 Å². The number of carbonyl (C=O) groups excluding carboxylic acids is 1. The lowest BCUT2D eigenvalue weighted by molar-refractivity contribution is 0.0955. The largest absolute Gasteiger partial charge is 0.494 e. The van der Waals surface area contributed by atoms with E-state index in [0.717, 1.165) is 35.5 Å². The van der Waals surface area contributed by atoms with E-state index in [0.29, 0.717) is 6.61 Å². The summed E-state index contributed by atoms with van der Waals surface area (Å²) in [6.07, 6.45) is 0.828. The molecular weight excluding hydrogens is 262 g/mol. The summed E-state index contributed by atoms with van der Waals surface area (Å²) >= 11 is 0. The number of hydrogen-bond donors (Lipinski definition) is 1. The number of ether oxygens (including phenoxy) is 1. The standard InChI is InChI=1S/C18H19NO2/c1-2-21-14-7-5-6-13(12-14)18(20)16-10-11-19-17-9-4-3-8-15(16)17/h3-9,12,16,19H,2,10-11H2,1H3. The molecule has 0 aromatic heterocycles. The molecule has 0 spiro atoms. The Balaban J connectivity index is 1.91. The topological polar surface area (TPSA) is 38.3 Å². The number of fused-ring (bicyclic) bond motifs is 1. The highest BCUT2D eigenvalue weighted by atomic mass is 16.5. The Bertz CT molecular complexity index is 651. The molecule has 0 aliphatic carbocycles. The predicted molar refractivity (Wildman–Crippen MR) is 84.2 cm³/mol. The molecule has 0 radical (unpaired) electrons. The third kappa shape index (κ3) is 2.77. The van der Waals surface area contributed by atoms with Crippen LogP contribution in [0.5, 0.6) is 5.75 Å². The molecule has 1 aliphatic heterocycles. The molecule has 1 atom stereocenters. The van der Waals surface area contributed by atoms with Crippen LogP contribution < -0.4 is 10.1 Å². The Kier molecular flexibility index (Phi) is 3.91. The number of benzene rings is 2. The van der Waals surface area contributed by atoms with Gasteiger partial charge in [-0.1, -0.05) is 30.3 Å². The summed E-state index contributed by atoms with van der Waals surface area (Å²) in [5.74, 6) is 0.857. The lowest BCUT2D eigenvalue weighted by Crippen LogP contribution is -2.23. The number of Topliss-reactive ketones (excluding diaryl/α,β-unsaturated/α-hetero) is 1. The van der Waals surface area contributed by atoms with Crippen molar-refractivity contribution in [1.82, 2.24) is 0 Å². The zero-order chi connectivity index (χ0) is 14.7. The molecule has 0 amide bonds. The van der Waals surface area contributed by atoms with E-state index in [9.17, 15) is 4.79 Å². The number of ketones is 1. The second kappa shape index (κ2) is 6.00. The summed E-state index contributed by atoms with van der Waals surface area (Å²) in [5.41, 5.74) is 2.89. The zero-order valence-electron chi connectivity index (χ0n) is 12.1. The highest BCUT2D eigenvalue weighted by molar-refractivity contribution is 6.02. The molecule has 2 aromatic carbocycles. The summed E-state index contributed by atoms with van der Waals surface area (Å²) in [7, 11) is 0. The first-order chi connectivity index (χ1) is 10.3. The van der Waals surface area contributed by atoms with Crippen LogP contribution in [0.4, 0.5) is 5.69 Å². The van der Waals surface area contributed by atoms with Crippen LogP contribution in [-0.4, -0.2) is 18.9 Å². The Morgan fingerprint density at radius 3 is 2.95 bits per heavy atom. The summed E-state index contributed by atoms with van der Waals surface area (Å²) in [5, 5.41) is 3.35. The molecule has 108 valence electrons. The first-order valence-corrected chi connectivity index (χ1v) is 7.39. The van der Waals surface area contributed by atoms with Gasteiger partial charge in [-0.3, -0.25) is 4.79 Å². The SMILES string of the molecule is CCOc1cccc(C(=O)C2CCNc3ccccc32)c1. The van der Waals surface area contributed by atoms with Crippen LogP contribution in [0, 0.1) is 0 Å². The lowest BCUT2D eigenvalue weighted by Gasteiger charge is -2.25. The Morgan fingerprint density at radius 1 is 1.24 bits per heavy atom. The van der Waals surface area contributed by atoms with Gasteiger partial charge < -0.3 is 10.1 Å². The minimum absolute atomic E-state index is 0.0701. The molecule has 1 aliphatic rings. The minimum atomic E-state index is -0.0701. The van der Waals surface area contributed by atoms with Crippen molar-refractivity contribution in [3.8, 4) is 5.75 Å². The fourth-order valence-electron chi connectivity index (χ4n) is 2.85. The minimum Gasteiger partial charge on any atom is -0.494 e. The van der Waals surface area contributed by atoms with Gasteiger partial charge in [0.15, 0.2) is 5.78 Å². The molecule has 1 heterocycles. The number of anilines is 1. The van der Waals surface area contributed by atoms with E-state index in [4.69, 9.17) is 4.74 Å². The molecular formula is C18H19NO2. The van der Waals surface area contributed by atoms with Crippen molar-refractivity contribution in [2.45, 2.75) is 19.3 Å². The molecule has 0 saturated carbocycles. The van der Waals surface area contributed by atoms with Gasteiger partial charge >= 0.3 is 0 Å². The molecule has 3 heteroatoms. The molecule has 1 unspecified atom stereocenters. The number of nitrogens with one attached hydrogen (secondary N) is 1. The second-order valence-corrected chi connectivity index (χ2v) is 5.18. The van der Waals surface area contributed by atoms with E-state index in [1.807, 2.05) is 55.5 Å². The van der Waals surface area contributed by atoms with Gasteiger partial charge in [-0.2, -0.15) is 0 Å². The number of carbonyl (C=O) groups is 1. The molecule has 2 aromatic rings. The van der Waals surface area contributed by atoms with Crippen molar-refractivity contribution < 1.29 is 9.53 Å². The number of rotatable bonds is 4. The van der Waals surface area contributed by atoms with Gasteiger partial charge in [-0.05, 0) is 37.1 Å². The molecule has 0 saturated heterocycles. The van der Waals surface area contributed by atoms with Crippen molar-refractivity contribution >= 4 is 11.5 Å². The highest BCUT2D eigenvalue weighted by Gasteiger charge is 2.27. The maximum atomic E-state index is 12.8. The number of para-hydroxylation sites is 1. The van der Waals surface area contributed by atoms with Crippen molar-refractivity contribution in [3.05, 3.63) is 59.7 Å². The first kappa shape index (κ1) is 13.7. The lowest BCUT2D eigenvalue weighted by atomic mass is 9.85. The zero-order valence-corrected chi connectivity index (χ0v) is 12.1. The van der Waals surface area contributed by atoms with Gasteiger partial charge in [0.25, 0.3) is 0 Å². The van der Waals surface area contributed by atoms with E-state index in [1.165, 1.54) is 0 Å². The van der Waals surface area contributed by atoms with Gasteiger partial charge in [-0.25, -0.2) is 0 Å². The van der Waals surface area contributed by atoms with E-state index in [-0.39, 0.29) is 11.7 Å². The van der Waals surface area contributed by atoms with Crippen molar-refractivity contribution in [2.24, 2.45) is 0 Å². The smallest absolute Gasteiger partial charge is 0.170 e. The van der Waals surface area contributed by atoms with Crippen LogP contribution in [0.3, 0.4) is 0 Å². The van der Waals surface area contributed by atoms with Gasteiger partial charge in [0, 0.05) is 17.8 Å². The van der Waals surface area contributed by atoms with E-state index in [1.54, 1.807) is 0 Å². The van der Waals surface area contributed by atoms with E-state index >= 15 is 0 Å². The molecule has 3 nitrogen and oxygen atoms in total. The average molecular weight is 281 g/mol. The third-order valence-corrected chi connectivity index (χ3v) is 3.83. The van der Waals surface area contributed by atoms with Gasteiger partial charge in [0.1, 0.15) is 5.75 Å². The first-order valence-electron chi connectivity index (χ1n) is 7.39. The van der Waals surface area contributed by atoms with E-state index < -0.39 is 0 Å². The summed E-state index contributed by atoms with van der Waals surface area (Å²) in [6, 6.07) is 15.5. The Labute approximate surface area is 124 Å². The van der Waals surface area contributed by atoms with Gasteiger partial charge in [-0.15, -0.1) is 0 Å². The second-order valence-electron chi connectivity index (χ2n) is 5.18. The van der Waals surface area contributed by atoms with Crippen molar-refractivity contribution in [3.63, 3.8) is 0 Å². The molecule has 0 fully saturated rings. The fraction of sp³-hybridized carbons (Fsp3) is 0.278. The summed E-state index contributed by atoms with van der Waals surface area (Å²) < 4.78 is 5.49. The van der Waals surface area contributed by atoms with Crippen LogP contribution in [0.25, 0.3) is 0 Å². The van der Waals surface area contributed by atoms with Gasteiger partial charge in [0.2, 0.25) is 0 Å². The fourth-order valence-corrected chi connectivity index (χ4v) is 2.85. The molecule has 21 heavy (non-hydrogen) atoms. The Hall–Kier alpha value is -2.29. The monoisotopic (exact) mass is 281 g/mol. The van der Waals surface area contributed by atoms with Crippen LogP contribution in [0.1, 0.15) is 35.2 Å². The number of hydrogen-bond acceptors (Lipinski definition) is 3. The van der Waals surface area contributed by atoms with Crippen molar-refractivity contribution in [2.75, 3.05) is 18.5 Å². The quantitative estimate of drug-likeness (QED) is 0.865. The highest BCUT2D eigenvalue weighted by Crippen LogP contribution is 2.34. The van der Waals surface area contributed by atoms with Crippen molar-refractivity contribution in [1.29, 1.82) is 0 Å². The van der Waals surface area contributed by atoms with Crippen LogP contribution in [0.2, 0.25) is 0 Å². The van der Waals surface area contributed by atoms with E-state index in [2.05, 4.69) is 5.32 Å². The Morgan fingerprint density at radius 2 is 2.10 bits per heavy atom. The third-order valence-electron chi connectivity index (χ3n) is 3.83. The van der Waals surface area contributed by atoms with Gasteiger partial charge in [0.05, 0.1) is 12.5 Å².